The van der Waals surface area contributed by atoms with E-state index in [9.17, 15) is 23.3 Å². The molecule has 1 aromatic rings. The lowest BCUT2D eigenvalue weighted by atomic mass is 10.4. The van der Waals surface area contributed by atoms with Crippen LogP contribution in [-0.4, -0.2) is 23.4 Å². The number of nitrogens with zero attached hydrogens (tertiary/aromatic N) is 2. The van der Waals surface area contributed by atoms with Crippen LogP contribution in [0.1, 0.15) is 0 Å². The second-order valence-electron chi connectivity index (χ2n) is 2.61. The maximum absolute atomic E-state index is 12.0. The maximum Gasteiger partial charge on any atom is 0.574 e. The number of hydrogen-bond donors (Lipinski definition) is 0. The molecule has 0 bridgehead atoms. The SMILES string of the molecule is COc1nc(OC(F)(F)F)c(I)cc1[N+](=O)[O-]. The molecule has 0 unspecified atom stereocenters. The summed E-state index contributed by atoms with van der Waals surface area (Å²) in [5.41, 5.74) is -0.536. The summed E-state index contributed by atoms with van der Waals surface area (Å²) in [5, 5.41) is 10.5. The minimum atomic E-state index is -4.92. The molecule has 10 heteroatoms. The standard InChI is InChI=1S/C7H4F3IN2O4/c1-16-6-4(13(14)15)2-3(11)5(12-6)17-7(8,9)10/h2H,1H3. The molecule has 0 amide bonds. The largest absolute Gasteiger partial charge is 0.574 e. The molecule has 6 nitrogen and oxygen atoms in total. The van der Waals surface area contributed by atoms with Gasteiger partial charge in [-0.15, -0.1) is 13.2 Å². The first-order chi connectivity index (χ1) is 7.74. The maximum atomic E-state index is 12.0. The van der Waals surface area contributed by atoms with Gasteiger partial charge in [-0.05, 0) is 22.6 Å². The minimum Gasteiger partial charge on any atom is -0.476 e. The molecule has 1 heterocycles. The zero-order valence-corrected chi connectivity index (χ0v) is 10.3. The summed E-state index contributed by atoms with van der Waals surface area (Å²) in [4.78, 5) is 13.0. The summed E-state index contributed by atoms with van der Waals surface area (Å²) >= 11 is 1.44. The van der Waals surface area contributed by atoms with Crippen molar-refractivity contribution in [1.29, 1.82) is 0 Å². The Bertz CT molecular complexity index is 451. The van der Waals surface area contributed by atoms with E-state index in [2.05, 4.69) is 14.5 Å². The predicted octanol–water partition coefficient (Wildman–Crippen LogP) is 2.50. The van der Waals surface area contributed by atoms with E-state index in [-0.39, 0.29) is 3.57 Å². The van der Waals surface area contributed by atoms with Crippen LogP contribution in [0, 0.1) is 13.7 Å². The van der Waals surface area contributed by atoms with Crippen LogP contribution < -0.4 is 9.47 Å². The monoisotopic (exact) mass is 364 g/mol. The number of aromatic nitrogens is 1. The Morgan fingerprint density at radius 2 is 2.06 bits per heavy atom. The highest BCUT2D eigenvalue weighted by molar-refractivity contribution is 14.1. The summed E-state index contributed by atoms with van der Waals surface area (Å²) in [6.45, 7) is 0. The molecule has 0 aliphatic rings. The Hall–Kier alpha value is -1.33. The average molecular weight is 364 g/mol. The van der Waals surface area contributed by atoms with Crippen LogP contribution in [0.3, 0.4) is 0 Å². The van der Waals surface area contributed by atoms with Gasteiger partial charge in [0.05, 0.1) is 15.6 Å². The van der Waals surface area contributed by atoms with E-state index in [1.54, 1.807) is 0 Å². The Morgan fingerprint density at radius 3 is 2.47 bits per heavy atom. The van der Waals surface area contributed by atoms with E-state index < -0.39 is 28.7 Å². The van der Waals surface area contributed by atoms with Crippen molar-refractivity contribution in [2.24, 2.45) is 0 Å². The lowest BCUT2D eigenvalue weighted by Gasteiger charge is -2.10. The summed E-state index contributed by atoms with van der Waals surface area (Å²) < 4.78 is 43.9. The van der Waals surface area contributed by atoms with Gasteiger partial charge in [0.25, 0.3) is 5.88 Å². The van der Waals surface area contributed by atoms with Crippen LogP contribution in [0.2, 0.25) is 0 Å². The van der Waals surface area contributed by atoms with Gasteiger partial charge in [-0.1, -0.05) is 0 Å². The molecule has 0 aliphatic heterocycles. The highest BCUT2D eigenvalue weighted by Crippen LogP contribution is 2.33. The van der Waals surface area contributed by atoms with Crippen LogP contribution in [0.15, 0.2) is 6.07 Å². The smallest absolute Gasteiger partial charge is 0.476 e. The van der Waals surface area contributed by atoms with E-state index in [4.69, 9.17) is 0 Å². The van der Waals surface area contributed by atoms with E-state index in [1.807, 2.05) is 0 Å². The lowest BCUT2D eigenvalue weighted by Crippen LogP contribution is -2.19. The Kier molecular flexibility index (Phi) is 3.95. The first-order valence-corrected chi connectivity index (χ1v) is 4.97. The zero-order chi connectivity index (χ0) is 13.2. The van der Waals surface area contributed by atoms with E-state index in [0.29, 0.717) is 0 Å². The van der Waals surface area contributed by atoms with Crippen molar-refractivity contribution < 1.29 is 27.6 Å². The average Bonchev–Trinajstić information content (AvgIpc) is 2.18. The first-order valence-electron chi connectivity index (χ1n) is 3.89. The van der Waals surface area contributed by atoms with E-state index in [0.717, 1.165) is 13.2 Å². The molecule has 0 saturated heterocycles. The fraction of sp³-hybridized carbons (Fsp3) is 0.286. The van der Waals surface area contributed by atoms with Crippen molar-refractivity contribution in [3.8, 4) is 11.8 Å². The second kappa shape index (κ2) is 4.89. The molecule has 17 heavy (non-hydrogen) atoms. The molecule has 0 radical (unpaired) electrons. The molecule has 0 spiro atoms. The van der Waals surface area contributed by atoms with Gasteiger partial charge in [-0.3, -0.25) is 10.1 Å². The van der Waals surface area contributed by atoms with Crippen molar-refractivity contribution in [2.45, 2.75) is 6.36 Å². The van der Waals surface area contributed by atoms with Crippen molar-refractivity contribution >= 4 is 28.3 Å². The Balaban J connectivity index is 3.23. The third kappa shape index (κ3) is 3.57. The van der Waals surface area contributed by atoms with E-state index >= 15 is 0 Å². The number of methoxy groups -OCH3 is 1. The van der Waals surface area contributed by atoms with Crippen LogP contribution in [-0.2, 0) is 0 Å². The zero-order valence-electron chi connectivity index (χ0n) is 8.12. The second-order valence-corrected chi connectivity index (χ2v) is 3.77. The summed E-state index contributed by atoms with van der Waals surface area (Å²) in [6.07, 6.45) is -4.92. The predicted molar refractivity (Wildman–Crippen MR) is 56.8 cm³/mol. The Morgan fingerprint density at radius 1 is 1.47 bits per heavy atom. The number of halogens is 4. The fourth-order valence-electron chi connectivity index (χ4n) is 0.909. The van der Waals surface area contributed by atoms with Gasteiger partial charge in [0.2, 0.25) is 5.88 Å². The number of alkyl halides is 3. The Labute approximate surface area is 106 Å². The highest BCUT2D eigenvalue weighted by Gasteiger charge is 2.34. The van der Waals surface area contributed by atoms with Gasteiger partial charge in [-0.2, -0.15) is 4.98 Å². The third-order valence-corrected chi connectivity index (χ3v) is 2.27. The van der Waals surface area contributed by atoms with Gasteiger partial charge in [0, 0.05) is 6.07 Å². The molecule has 0 aromatic carbocycles. The van der Waals surface area contributed by atoms with Gasteiger partial charge >= 0.3 is 12.0 Å². The molecule has 1 rings (SSSR count). The first kappa shape index (κ1) is 13.7. The summed E-state index contributed by atoms with van der Waals surface area (Å²) in [7, 11) is 1.06. The summed E-state index contributed by atoms with van der Waals surface area (Å²) in [6, 6.07) is 0.882. The summed E-state index contributed by atoms with van der Waals surface area (Å²) in [5.74, 6) is -1.34. The van der Waals surface area contributed by atoms with Crippen LogP contribution in [0.4, 0.5) is 18.9 Å². The van der Waals surface area contributed by atoms with Gasteiger partial charge in [0.1, 0.15) is 0 Å². The number of rotatable bonds is 3. The molecule has 0 N–H and O–H groups in total. The minimum absolute atomic E-state index is 0.146. The molecule has 0 atom stereocenters. The van der Waals surface area contributed by atoms with Crippen molar-refractivity contribution in [2.75, 3.05) is 7.11 Å². The third-order valence-electron chi connectivity index (χ3n) is 1.49. The topological polar surface area (TPSA) is 74.5 Å². The molecule has 0 aliphatic carbocycles. The normalized spacial score (nSPS) is 11.1. The van der Waals surface area contributed by atoms with Crippen LogP contribution >= 0.6 is 22.6 Å². The quantitative estimate of drug-likeness (QED) is 0.468. The van der Waals surface area contributed by atoms with Crippen molar-refractivity contribution in [3.05, 3.63) is 19.8 Å². The van der Waals surface area contributed by atoms with Crippen molar-refractivity contribution in [3.63, 3.8) is 0 Å². The van der Waals surface area contributed by atoms with Crippen LogP contribution in [0.5, 0.6) is 11.8 Å². The molecular formula is C7H4F3IN2O4. The molecule has 0 saturated carbocycles. The molecule has 94 valence electrons. The highest BCUT2D eigenvalue weighted by atomic mass is 127. The van der Waals surface area contributed by atoms with Gasteiger partial charge in [0.15, 0.2) is 0 Å². The fourth-order valence-corrected chi connectivity index (χ4v) is 1.43. The van der Waals surface area contributed by atoms with Crippen LogP contribution in [0.25, 0.3) is 0 Å². The number of ether oxygens (including phenoxy) is 2. The van der Waals surface area contributed by atoms with Crippen molar-refractivity contribution in [1.82, 2.24) is 4.98 Å². The molecule has 1 aromatic heterocycles. The number of nitro groups is 1. The lowest BCUT2D eigenvalue weighted by molar-refractivity contribution is -0.386. The number of pyridine rings is 1. The van der Waals surface area contributed by atoms with Gasteiger partial charge in [-0.25, -0.2) is 0 Å². The van der Waals surface area contributed by atoms with Gasteiger partial charge < -0.3 is 9.47 Å². The van der Waals surface area contributed by atoms with E-state index in [1.165, 1.54) is 22.6 Å². The molecule has 0 fully saturated rings. The number of hydrogen-bond acceptors (Lipinski definition) is 5. The molecular weight excluding hydrogens is 360 g/mol.